The van der Waals surface area contributed by atoms with Gasteiger partial charge in [0, 0.05) is 19.1 Å². The van der Waals surface area contributed by atoms with Gasteiger partial charge in [-0.05, 0) is 19.8 Å². The number of rotatable bonds is 2. The highest BCUT2D eigenvalue weighted by atomic mass is 15.3. The van der Waals surface area contributed by atoms with Gasteiger partial charge in [-0.15, -0.1) is 0 Å². The van der Waals surface area contributed by atoms with Crippen molar-refractivity contribution in [2.24, 2.45) is 12.8 Å². The zero-order valence-corrected chi connectivity index (χ0v) is 8.99. The van der Waals surface area contributed by atoms with Crippen molar-refractivity contribution >= 4 is 5.82 Å². The van der Waals surface area contributed by atoms with E-state index >= 15 is 0 Å². The third-order valence-corrected chi connectivity index (χ3v) is 2.85. The molecule has 2 rings (SSSR count). The minimum Gasteiger partial charge on any atom is -0.366 e. The van der Waals surface area contributed by atoms with Gasteiger partial charge >= 0.3 is 0 Å². The van der Waals surface area contributed by atoms with Crippen LogP contribution in [0.2, 0.25) is 0 Å². The minimum absolute atomic E-state index is 0.308. The Morgan fingerprint density at radius 1 is 1.60 bits per heavy atom. The summed E-state index contributed by atoms with van der Waals surface area (Å²) in [5.41, 5.74) is 7.12. The average Bonchev–Trinajstić information content (AvgIpc) is 2.39. The molecule has 3 N–H and O–H groups in total. The van der Waals surface area contributed by atoms with Crippen molar-refractivity contribution in [1.29, 1.82) is 5.26 Å². The Balaban J connectivity index is 2.17. The first-order valence-electron chi connectivity index (χ1n) is 5.07. The van der Waals surface area contributed by atoms with E-state index in [1.165, 1.54) is 0 Å². The monoisotopic (exact) mass is 205 g/mol. The van der Waals surface area contributed by atoms with Crippen LogP contribution in [0, 0.1) is 18.3 Å². The standard InChI is InChI=1S/C10H15N5/c1-6-9(5-11)10(15(2)14-6)13-8-3-7(12)4-8/h7-8,13H,3-4,12H2,1-2H3. The maximum Gasteiger partial charge on any atom is 0.142 e. The molecule has 1 aliphatic rings. The van der Waals surface area contributed by atoms with E-state index in [1.807, 2.05) is 14.0 Å². The van der Waals surface area contributed by atoms with Crippen LogP contribution in [0.5, 0.6) is 0 Å². The summed E-state index contributed by atoms with van der Waals surface area (Å²) in [5, 5.41) is 16.5. The molecule has 0 aromatic carbocycles. The third-order valence-electron chi connectivity index (χ3n) is 2.85. The summed E-state index contributed by atoms with van der Waals surface area (Å²) >= 11 is 0. The molecule has 1 aromatic rings. The van der Waals surface area contributed by atoms with Gasteiger partial charge in [-0.1, -0.05) is 0 Å². The number of nitrogens with two attached hydrogens (primary N) is 1. The predicted octanol–water partition coefficient (Wildman–Crippen LogP) is 0.502. The smallest absolute Gasteiger partial charge is 0.142 e. The van der Waals surface area contributed by atoms with Crippen molar-refractivity contribution in [3.05, 3.63) is 11.3 Å². The average molecular weight is 205 g/mol. The maximum absolute atomic E-state index is 9.00. The Hall–Kier alpha value is -1.54. The van der Waals surface area contributed by atoms with E-state index in [9.17, 15) is 0 Å². The summed E-state index contributed by atoms with van der Waals surface area (Å²) in [5.74, 6) is 0.812. The van der Waals surface area contributed by atoms with Gasteiger partial charge in [0.05, 0.1) is 5.69 Å². The van der Waals surface area contributed by atoms with Crippen LogP contribution in [0.4, 0.5) is 5.82 Å². The molecular weight excluding hydrogens is 190 g/mol. The predicted molar refractivity (Wildman–Crippen MR) is 57.3 cm³/mol. The summed E-state index contributed by atoms with van der Waals surface area (Å²) in [6.45, 7) is 1.84. The molecule has 0 amide bonds. The van der Waals surface area contributed by atoms with Crippen LogP contribution >= 0.6 is 0 Å². The molecule has 1 aliphatic carbocycles. The van der Waals surface area contributed by atoms with Gasteiger partial charge < -0.3 is 11.1 Å². The molecule has 15 heavy (non-hydrogen) atoms. The molecule has 0 radical (unpaired) electrons. The molecule has 5 heteroatoms. The summed E-state index contributed by atoms with van der Waals surface area (Å²) in [4.78, 5) is 0. The lowest BCUT2D eigenvalue weighted by molar-refractivity contribution is 0.371. The minimum atomic E-state index is 0.308. The largest absolute Gasteiger partial charge is 0.366 e. The molecule has 5 nitrogen and oxygen atoms in total. The zero-order valence-electron chi connectivity index (χ0n) is 8.99. The Morgan fingerprint density at radius 3 is 2.80 bits per heavy atom. The molecule has 1 aromatic heterocycles. The van der Waals surface area contributed by atoms with Gasteiger partial charge in [0.1, 0.15) is 17.5 Å². The van der Waals surface area contributed by atoms with Gasteiger partial charge in [0.25, 0.3) is 0 Å². The van der Waals surface area contributed by atoms with Crippen LogP contribution in [-0.4, -0.2) is 21.9 Å². The Labute approximate surface area is 88.9 Å². The summed E-state index contributed by atoms with van der Waals surface area (Å²) in [7, 11) is 1.84. The molecule has 0 bridgehead atoms. The number of nitrogens with zero attached hydrogens (tertiary/aromatic N) is 3. The SMILES string of the molecule is Cc1nn(C)c(NC2CC(N)C2)c1C#N. The molecule has 80 valence electrons. The molecule has 1 heterocycles. The number of nitriles is 1. The maximum atomic E-state index is 9.00. The molecule has 1 fully saturated rings. The normalized spacial score (nSPS) is 24.4. The molecule has 0 spiro atoms. The van der Waals surface area contributed by atoms with E-state index in [1.54, 1.807) is 4.68 Å². The van der Waals surface area contributed by atoms with Crippen molar-refractivity contribution < 1.29 is 0 Å². The van der Waals surface area contributed by atoms with Crippen LogP contribution in [0.3, 0.4) is 0 Å². The van der Waals surface area contributed by atoms with Gasteiger partial charge in [-0.2, -0.15) is 10.4 Å². The van der Waals surface area contributed by atoms with Crippen molar-refractivity contribution in [2.45, 2.75) is 31.8 Å². The molecule has 0 unspecified atom stereocenters. The third kappa shape index (κ3) is 1.68. The van der Waals surface area contributed by atoms with Crippen LogP contribution in [0.15, 0.2) is 0 Å². The van der Waals surface area contributed by atoms with Crippen molar-refractivity contribution in [3.8, 4) is 6.07 Å². The van der Waals surface area contributed by atoms with Crippen molar-refractivity contribution in [3.63, 3.8) is 0 Å². The highest BCUT2D eigenvalue weighted by Gasteiger charge is 2.27. The zero-order chi connectivity index (χ0) is 11.0. The van der Waals surface area contributed by atoms with Crippen LogP contribution in [0.25, 0.3) is 0 Å². The van der Waals surface area contributed by atoms with Crippen LogP contribution in [-0.2, 0) is 7.05 Å². The topological polar surface area (TPSA) is 79.7 Å². The molecule has 0 saturated heterocycles. The van der Waals surface area contributed by atoms with Gasteiger partial charge in [0.15, 0.2) is 0 Å². The number of aromatic nitrogens is 2. The number of nitrogens with one attached hydrogen (secondary N) is 1. The second kappa shape index (κ2) is 3.55. The fraction of sp³-hybridized carbons (Fsp3) is 0.600. The van der Waals surface area contributed by atoms with Crippen LogP contribution < -0.4 is 11.1 Å². The first-order chi connectivity index (χ1) is 7.11. The summed E-state index contributed by atoms with van der Waals surface area (Å²) in [6, 6.07) is 2.87. The fourth-order valence-electron chi connectivity index (χ4n) is 1.93. The molecule has 1 saturated carbocycles. The number of hydrogen-bond acceptors (Lipinski definition) is 4. The Kier molecular flexibility index (Phi) is 2.37. The first kappa shape index (κ1) is 9.99. The molecular formula is C10H15N5. The molecule has 0 atom stereocenters. The van der Waals surface area contributed by atoms with E-state index in [0.717, 1.165) is 24.4 Å². The van der Waals surface area contributed by atoms with E-state index in [0.29, 0.717) is 17.6 Å². The quantitative estimate of drug-likeness (QED) is 0.737. The van der Waals surface area contributed by atoms with Gasteiger partial charge in [-0.3, -0.25) is 4.68 Å². The number of anilines is 1. The van der Waals surface area contributed by atoms with E-state index in [4.69, 9.17) is 11.0 Å². The van der Waals surface area contributed by atoms with E-state index < -0.39 is 0 Å². The number of aryl methyl sites for hydroxylation is 2. The van der Waals surface area contributed by atoms with E-state index in [2.05, 4.69) is 16.5 Å². The molecule has 0 aliphatic heterocycles. The van der Waals surface area contributed by atoms with E-state index in [-0.39, 0.29) is 0 Å². The number of hydrogen-bond donors (Lipinski definition) is 2. The summed E-state index contributed by atoms with van der Waals surface area (Å²) in [6.07, 6.45) is 1.93. The lowest BCUT2D eigenvalue weighted by Crippen LogP contribution is -2.44. The van der Waals surface area contributed by atoms with Crippen molar-refractivity contribution in [2.75, 3.05) is 5.32 Å². The van der Waals surface area contributed by atoms with Gasteiger partial charge in [0.2, 0.25) is 0 Å². The van der Waals surface area contributed by atoms with Crippen molar-refractivity contribution in [1.82, 2.24) is 9.78 Å². The Morgan fingerprint density at radius 2 is 2.27 bits per heavy atom. The lowest BCUT2D eigenvalue weighted by Gasteiger charge is -2.33. The second-order valence-electron chi connectivity index (χ2n) is 4.12. The second-order valence-corrected chi connectivity index (χ2v) is 4.12. The summed E-state index contributed by atoms with van der Waals surface area (Å²) < 4.78 is 1.72. The Bertz CT molecular complexity index is 408. The fourth-order valence-corrected chi connectivity index (χ4v) is 1.93. The highest BCUT2D eigenvalue weighted by molar-refractivity contribution is 5.55. The lowest BCUT2D eigenvalue weighted by atomic mass is 9.87. The van der Waals surface area contributed by atoms with Gasteiger partial charge in [-0.25, -0.2) is 0 Å². The van der Waals surface area contributed by atoms with Crippen LogP contribution in [0.1, 0.15) is 24.1 Å². The highest BCUT2D eigenvalue weighted by Crippen LogP contribution is 2.25. The first-order valence-corrected chi connectivity index (χ1v) is 5.07.